The molecule has 0 unspecified atom stereocenters. The van der Waals surface area contributed by atoms with Crippen molar-refractivity contribution in [1.29, 1.82) is 0 Å². The highest BCUT2D eigenvalue weighted by Crippen LogP contribution is 2.22. The molecule has 0 radical (unpaired) electrons. The second kappa shape index (κ2) is 7.82. The number of hydrogen-bond acceptors (Lipinski definition) is 7. The van der Waals surface area contributed by atoms with Crippen LogP contribution in [0.25, 0.3) is 16.7 Å². The molecule has 5 rings (SSSR count). The average Bonchev–Trinajstić information content (AvgIpc) is 3.34. The van der Waals surface area contributed by atoms with Crippen LogP contribution in [0.3, 0.4) is 0 Å². The van der Waals surface area contributed by atoms with Gasteiger partial charge in [-0.1, -0.05) is 0 Å². The van der Waals surface area contributed by atoms with Gasteiger partial charge in [0.25, 0.3) is 5.56 Å². The van der Waals surface area contributed by atoms with Crippen LogP contribution in [0.4, 0.5) is 11.5 Å². The Morgan fingerprint density at radius 2 is 1.77 bits per heavy atom. The molecule has 0 aliphatic carbocycles. The van der Waals surface area contributed by atoms with Crippen LogP contribution in [0, 0.1) is 0 Å². The number of piperazine rings is 1. The lowest BCUT2D eigenvalue weighted by atomic mass is 10.2. The Morgan fingerprint density at radius 1 is 1.00 bits per heavy atom. The molecular formula is C22H24N8O. The summed E-state index contributed by atoms with van der Waals surface area (Å²) in [6, 6.07) is 7.87. The van der Waals surface area contributed by atoms with Gasteiger partial charge in [-0.15, -0.1) is 0 Å². The Labute approximate surface area is 179 Å². The fourth-order valence-electron chi connectivity index (χ4n) is 3.89. The fraction of sp³-hybridized carbons (Fsp3) is 0.318. The fourth-order valence-corrected chi connectivity index (χ4v) is 3.89. The molecule has 4 heterocycles. The van der Waals surface area contributed by atoms with Crippen LogP contribution in [-0.4, -0.2) is 55.5 Å². The van der Waals surface area contributed by atoms with Crippen molar-refractivity contribution in [2.24, 2.45) is 0 Å². The first-order valence-electron chi connectivity index (χ1n) is 10.4. The van der Waals surface area contributed by atoms with Crippen molar-refractivity contribution in [2.45, 2.75) is 19.9 Å². The molecule has 1 aromatic carbocycles. The van der Waals surface area contributed by atoms with Gasteiger partial charge in [-0.2, -0.15) is 5.10 Å². The van der Waals surface area contributed by atoms with Gasteiger partial charge in [0.1, 0.15) is 5.82 Å². The highest BCUT2D eigenvalue weighted by atomic mass is 16.1. The molecule has 158 valence electrons. The van der Waals surface area contributed by atoms with E-state index in [0.29, 0.717) is 11.2 Å². The Balaban J connectivity index is 1.33. The first-order chi connectivity index (χ1) is 15.1. The minimum Gasteiger partial charge on any atom is -0.368 e. The van der Waals surface area contributed by atoms with Crippen LogP contribution in [0.5, 0.6) is 0 Å². The van der Waals surface area contributed by atoms with Crippen molar-refractivity contribution in [1.82, 2.24) is 29.3 Å². The zero-order valence-corrected chi connectivity index (χ0v) is 17.6. The summed E-state index contributed by atoms with van der Waals surface area (Å²) in [5.41, 5.74) is 1.82. The smallest absolute Gasteiger partial charge is 0.261 e. The monoisotopic (exact) mass is 416 g/mol. The van der Waals surface area contributed by atoms with E-state index in [4.69, 9.17) is 4.98 Å². The van der Waals surface area contributed by atoms with Gasteiger partial charge in [-0.05, 0) is 38.1 Å². The molecule has 9 heteroatoms. The molecular weight excluding hydrogens is 392 g/mol. The van der Waals surface area contributed by atoms with E-state index >= 15 is 0 Å². The van der Waals surface area contributed by atoms with E-state index in [9.17, 15) is 4.79 Å². The highest BCUT2D eigenvalue weighted by Gasteiger charge is 2.20. The molecule has 1 aliphatic rings. The van der Waals surface area contributed by atoms with Gasteiger partial charge in [0.2, 0.25) is 0 Å². The van der Waals surface area contributed by atoms with E-state index < -0.39 is 0 Å². The molecule has 9 nitrogen and oxygen atoms in total. The lowest BCUT2D eigenvalue weighted by Gasteiger charge is -2.36. The van der Waals surface area contributed by atoms with Crippen molar-refractivity contribution < 1.29 is 0 Å². The largest absolute Gasteiger partial charge is 0.368 e. The maximum absolute atomic E-state index is 12.7. The first kappa shape index (κ1) is 19.2. The number of nitrogens with zero attached hydrogens (tertiary/aromatic N) is 8. The summed E-state index contributed by atoms with van der Waals surface area (Å²) in [4.78, 5) is 30.8. The molecule has 0 saturated carbocycles. The van der Waals surface area contributed by atoms with E-state index in [-0.39, 0.29) is 11.6 Å². The van der Waals surface area contributed by atoms with Crippen LogP contribution in [0.2, 0.25) is 0 Å². The number of aromatic nitrogens is 6. The van der Waals surface area contributed by atoms with Gasteiger partial charge in [0.05, 0.1) is 29.6 Å². The summed E-state index contributed by atoms with van der Waals surface area (Å²) >= 11 is 0. The van der Waals surface area contributed by atoms with Crippen LogP contribution < -0.4 is 15.4 Å². The van der Waals surface area contributed by atoms with Crippen LogP contribution in [-0.2, 0) is 0 Å². The molecule has 0 amide bonds. The quantitative estimate of drug-likeness (QED) is 0.505. The van der Waals surface area contributed by atoms with Gasteiger partial charge in [0, 0.05) is 50.3 Å². The molecule has 0 atom stereocenters. The van der Waals surface area contributed by atoms with E-state index in [1.807, 2.05) is 44.3 Å². The zero-order chi connectivity index (χ0) is 21.4. The summed E-state index contributed by atoms with van der Waals surface area (Å²) < 4.78 is 3.38. The Morgan fingerprint density at radius 3 is 2.52 bits per heavy atom. The van der Waals surface area contributed by atoms with Crippen LogP contribution >= 0.6 is 0 Å². The van der Waals surface area contributed by atoms with Gasteiger partial charge < -0.3 is 9.80 Å². The SMILES string of the molecule is CC(C)n1cnc2cc(N3CCN(c4cncc(-n5cccn5)n4)CC3)ccc2c1=O. The van der Waals surface area contributed by atoms with Gasteiger partial charge in [-0.25, -0.2) is 14.6 Å². The van der Waals surface area contributed by atoms with Crippen molar-refractivity contribution >= 4 is 22.4 Å². The molecule has 0 N–H and O–H groups in total. The maximum atomic E-state index is 12.7. The normalized spacial score (nSPS) is 14.5. The molecule has 0 spiro atoms. The maximum Gasteiger partial charge on any atom is 0.261 e. The predicted octanol–water partition coefficient (Wildman–Crippen LogP) is 2.28. The lowest BCUT2D eigenvalue weighted by Crippen LogP contribution is -2.47. The number of anilines is 2. The Bertz CT molecular complexity index is 1260. The summed E-state index contributed by atoms with van der Waals surface area (Å²) in [7, 11) is 0. The van der Waals surface area contributed by atoms with Crippen molar-refractivity contribution in [3.05, 3.63) is 65.7 Å². The number of rotatable bonds is 4. The molecule has 1 aliphatic heterocycles. The number of fused-ring (bicyclic) bond motifs is 1. The summed E-state index contributed by atoms with van der Waals surface area (Å²) in [6.45, 7) is 7.33. The summed E-state index contributed by atoms with van der Waals surface area (Å²) in [5.74, 6) is 1.56. The van der Waals surface area contributed by atoms with Crippen molar-refractivity contribution in [2.75, 3.05) is 36.0 Å². The third-order valence-corrected chi connectivity index (χ3v) is 5.64. The molecule has 1 fully saturated rings. The van der Waals surface area contributed by atoms with E-state index in [2.05, 4.69) is 24.9 Å². The molecule has 1 saturated heterocycles. The number of benzene rings is 1. The minimum absolute atomic E-state index is 0.00649. The van der Waals surface area contributed by atoms with E-state index in [1.165, 1.54) is 0 Å². The standard InChI is InChI=1S/C22H24N8O/c1-16(2)29-15-24-19-12-17(4-5-18(19)22(29)31)27-8-10-28(11-9-27)20-13-23-14-21(26-20)30-7-3-6-25-30/h3-7,12-16H,8-11H2,1-2H3. The molecule has 31 heavy (non-hydrogen) atoms. The van der Waals surface area contributed by atoms with Gasteiger partial charge in [-0.3, -0.25) is 14.3 Å². The third kappa shape index (κ3) is 3.63. The molecule has 4 aromatic rings. The second-order valence-corrected chi connectivity index (χ2v) is 7.91. The predicted molar refractivity (Wildman–Crippen MR) is 120 cm³/mol. The van der Waals surface area contributed by atoms with E-state index in [0.717, 1.165) is 43.2 Å². The topological polar surface area (TPSA) is 85.0 Å². The van der Waals surface area contributed by atoms with Gasteiger partial charge >= 0.3 is 0 Å². The van der Waals surface area contributed by atoms with Crippen molar-refractivity contribution in [3.63, 3.8) is 0 Å². The van der Waals surface area contributed by atoms with Crippen LogP contribution in [0.1, 0.15) is 19.9 Å². The summed E-state index contributed by atoms with van der Waals surface area (Å²) in [5, 5.41) is 4.88. The lowest BCUT2D eigenvalue weighted by molar-refractivity contribution is 0.573. The number of hydrogen-bond donors (Lipinski definition) is 0. The minimum atomic E-state index is 0.00649. The van der Waals surface area contributed by atoms with Crippen molar-refractivity contribution in [3.8, 4) is 5.82 Å². The molecule has 3 aromatic heterocycles. The third-order valence-electron chi connectivity index (χ3n) is 5.64. The average molecular weight is 416 g/mol. The van der Waals surface area contributed by atoms with Gasteiger partial charge in [0.15, 0.2) is 5.82 Å². The first-order valence-corrected chi connectivity index (χ1v) is 10.4. The molecule has 0 bridgehead atoms. The van der Waals surface area contributed by atoms with E-state index in [1.54, 1.807) is 34.2 Å². The zero-order valence-electron chi connectivity index (χ0n) is 17.6. The Kier molecular flexibility index (Phi) is 4.85. The highest BCUT2D eigenvalue weighted by molar-refractivity contribution is 5.81. The second-order valence-electron chi connectivity index (χ2n) is 7.91. The van der Waals surface area contributed by atoms with Crippen LogP contribution in [0.15, 0.2) is 60.2 Å². The summed E-state index contributed by atoms with van der Waals surface area (Å²) in [6.07, 6.45) is 8.73. The Hall–Kier alpha value is -3.75.